The summed E-state index contributed by atoms with van der Waals surface area (Å²) in [7, 11) is 0. The first-order valence-electron chi connectivity index (χ1n) is 38.6. The Balaban J connectivity index is 0.000000231. The molecular weight excluding hydrogens is 2290 g/mol. The standard InChI is InChI=1S/C23H21BrF5N3O4.2C12H10BrF5N2O.C11H9BrF5N3O.C11H11F5N4O.C10H10BrF5N2O/c1-21(2,3)36-20(34)32(18(33)13-7-5-4-6-8-13)19-31-22(12-25,10-16(35-19)23(27,28)29)15-9-14(24)11-30-17(15)26;2*1-6-20-11(5-14,3-9(21-6)12(16,17)18)8-2-7(13)4-19-10(8)15;12-5-1-6(8(14)19-3-5)10(4-13)2-7(11(15,16)17)21-9(18)20-10;12-4-10(6-1-5(17)3-19-8(6)13)2-7(11(14,15)16)21-9(18)20-10;11-5-1-6(8(13)18-3-5)9(17,4-12)2-7(19)10(14,15)16/h4-9,11,16H,10,12H2,1-3H3;2*2,4,9H,3,5H2,1H3;1,3,7H,2,4H2,(H2,18,20);1,3,7H,2,4,17H2,(H2,18,20);1,3,7,19H,2,4,17H2/t16-,22+;2*9-,11+;2*7-,10+;7-,9+/m000000/s1. The largest absolute Gasteiger partial charge is 0.468 e. The molecule has 9 N–H and O–H groups in total. The lowest BCUT2D eigenvalue weighted by molar-refractivity contribution is -0.211. The predicted molar refractivity (Wildman–Crippen MR) is 448 cm³/mol. The second kappa shape index (κ2) is 45.5. The van der Waals surface area contributed by atoms with Crippen LogP contribution in [0.25, 0.3) is 0 Å². The molecule has 139 heavy (non-hydrogen) atoms. The maximum atomic E-state index is 14.7. The van der Waals surface area contributed by atoms with Crippen LogP contribution in [0.5, 0.6) is 0 Å². The van der Waals surface area contributed by atoms with Crippen LogP contribution < -0.4 is 22.9 Å². The topological polar surface area (TPSA) is 356 Å². The van der Waals surface area contributed by atoms with Crippen LogP contribution in [0.15, 0.2) is 151 Å². The fourth-order valence-corrected chi connectivity index (χ4v) is 15.0. The molecule has 0 aliphatic carbocycles. The van der Waals surface area contributed by atoms with E-state index in [1.165, 1.54) is 71.0 Å². The Morgan fingerprint density at radius 1 is 0.432 bits per heavy atom. The van der Waals surface area contributed by atoms with Gasteiger partial charge in [-0.1, -0.05) is 18.2 Å². The minimum Gasteiger partial charge on any atom is -0.468 e. The SMILES string of the molecule is CC(C)(C)OC(=O)N(C(=O)c1ccccc1)C1=N[C@](CF)(c2cc(Br)cnc2F)C[C@@H](C(F)(F)F)O1.CC1=N[C@](CF)(c2cc(Br)cnc2F)C[C@@H](C(F)(F)F)O1.CC1=N[C@](CF)(c2cc(Br)cnc2F)C[C@@H](C(F)(F)F)O1.NC1=N[C@](CF)(c2cc(Br)cnc2F)C[C@@H](C(F)(F)F)O1.NC1=N[C@](CF)(c2cc(N)cnc2F)C[C@@H](C(F)(F)F)O1.N[C@@](CF)(C[C@H](O)C(F)(F)F)c1cc(Br)cnc1F. The summed E-state index contributed by atoms with van der Waals surface area (Å²) in [5.41, 5.74) is 4.06. The van der Waals surface area contributed by atoms with Gasteiger partial charge in [0.25, 0.3) is 18.0 Å². The molecule has 2 amide bonds. The van der Waals surface area contributed by atoms with Crippen LogP contribution in [-0.2, 0) is 61.7 Å². The Hall–Kier alpha value is -9.97. The normalized spacial score (nSPS) is 23.4. The van der Waals surface area contributed by atoms with Crippen molar-refractivity contribution in [3.63, 3.8) is 0 Å². The maximum Gasteiger partial charge on any atom is 0.425 e. The van der Waals surface area contributed by atoms with Gasteiger partial charge in [-0.2, -0.15) is 110 Å². The molecule has 5 aliphatic rings. The zero-order chi connectivity index (χ0) is 105. The van der Waals surface area contributed by atoms with E-state index in [2.05, 4.69) is 153 Å². The quantitative estimate of drug-likeness (QED) is 0.0470. The number of halogens is 35. The van der Waals surface area contributed by atoms with Gasteiger partial charge in [0, 0.05) is 145 Å². The highest BCUT2D eigenvalue weighted by Gasteiger charge is 2.59. The van der Waals surface area contributed by atoms with Gasteiger partial charge in [0.15, 0.2) is 48.4 Å². The molecule has 12 atom stereocenters. The average Bonchev–Trinajstić information content (AvgIpc) is 0.745. The number of ether oxygens (including phenoxy) is 6. The van der Waals surface area contributed by atoms with Crippen LogP contribution in [0.2, 0.25) is 0 Å². The number of aliphatic imine (C=N–C) groups is 5. The number of carbonyl (C=O) groups is 2. The molecule has 0 unspecified atom stereocenters. The summed E-state index contributed by atoms with van der Waals surface area (Å²) in [5, 5.41) is 8.95. The molecule has 25 nitrogen and oxygen atoms in total. The van der Waals surface area contributed by atoms with E-state index in [0.29, 0.717) is 8.95 Å². The number of benzene rings is 1. The van der Waals surface area contributed by atoms with Crippen LogP contribution in [0.4, 0.5) is 142 Å². The number of nitrogen functional groups attached to an aromatic ring is 1. The van der Waals surface area contributed by atoms with E-state index in [4.69, 9.17) is 37.5 Å². The molecule has 0 radical (unpaired) electrons. The second-order valence-electron chi connectivity index (χ2n) is 31.2. The summed E-state index contributed by atoms with van der Waals surface area (Å²) < 4.78 is 427. The van der Waals surface area contributed by atoms with Crippen molar-refractivity contribution in [1.29, 1.82) is 0 Å². The van der Waals surface area contributed by atoms with E-state index in [1.807, 2.05) is 0 Å². The van der Waals surface area contributed by atoms with Crippen molar-refractivity contribution in [2.45, 2.75) is 186 Å². The van der Waals surface area contributed by atoms with Crippen LogP contribution in [0.1, 0.15) is 117 Å². The fourth-order valence-electron chi connectivity index (χ4n) is 13.3. The summed E-state index contributed by atoms with van der Waals surface area (Å²) in [4.78, 5) is 65.1. The smallest absolute Gasteiger partial charge is 0.425 e. The lowest BCUT2D eigenvalue weighted by Crippen LogP contribution is -2.54. The third-order valence-electron chi connectivity index (χ3n) is 19.7. The molecule has 0 saturated heterocycles. The average molecular weight is 2360 g/mol. The van der Waals surface area contributed by atoms with Gasteiger partial charge in [0.2, 0.25) is 35.7 Å². The predicted octanol–water partition coefficient (Wildman–Crippen LogP) is 20.6. The number of aromatic nitrogens is 6. The van der Waals surface area contributed by atoms with E-state index in [0.717, 1.165) is 61.4 Å². The number of pyridine rings is 6. The van der Waals surface area contributed by atoms with Gasteiger partial charge in [-0.3, -0.25) is 4.79 Å². The zero-order valence-electron chi connectivity index (χ0n) is 70.9. The molecule has 0 fully saturated rings. The van der Waals surface area contributed by atoms with Crippen molar-refractivity contribution in [2.75, 3.05) is 45.8 Å². The van der Waals surface area contributed by atoms with Crippen molar-refractivity contribution < 1.29 is 175 Å². The van der Waals surface area contributed by atoms with Crippen molar-refractivity contribution in [1.82, 2.24) is 34.8 Å². The van der Waals surface area contributed by atoms with Gasteiger partial charge >= 0.3 is 49.2 Å². The number of aliphatic hydroxyl groups excluding tert-OH is 1. The molecule has 60 heteroatoms. The van der Waals surface area contributed by atoms with Crippen molar-refractivity contribution in [3.8, 4) is 0 Å². The number of amidine groups is 3. The molecule has 7 aromatic rings. The first-order chi connectivity index (χ1) is 64.0. The van der Waals surface area contributed by atoms with Gasteiger partial charge in [0.1, 0.15) is 73.3 Å². The van der Waals surface area contributed by atoms with E-state index >= 15 is 0 Å². The maximum absolute atomic E-state index is 14.7. The number of alkyl halides is 24. The second-order valence-corrected chi connectivity index (χ2v) is 35.8. The molecule has 0 saturated carbocycles. The number of carbonyl (C=O) groups excluding carboxylic acids is 2. The first-order valence-corrected chi connectivity index (χ1v) is 42.6. The molecule has 11 heterocycles. The fraction of sp³-hybridized carbons (Fsp3) is 0.456. The molecule has 5 aliphatic heterocycles. The number of rotatable bonds is 15. The zero-order valence-corrected chi connectivity index (χ0v) is 78.8. The van der Waals surface area contributed by atoms with Crippen LogP contribution in [0.3, 0.4) is 0 Å². The van der Waals surface area contributed by atoms with Gasteiger partial charge in [-0.05, 0) is 149 Å². The van der Waals surface area contributed by atoms with Crippen LogP contribution in [0, 0.1) is 35.7 Å². The monoisotopic (exact) mass is 2350 g/mol. The summed E-state index contributed by atoms with van der Waals surface area (Å²) in [5.74, 6) is -8.70. The van der Waals surface area contributed by atoms with Crippen molar-refractivity contribution in [3.05, 3.63) is 201 Å². The van der Waals surface area contributed by atoms with E-state index in [9.17, 15) is 141 Å². The van der Waals surface area contributed by atoms with Gasteiger partial charge < -0.3 is 56.5 Å². The third kappa shape index (κ3) is 29.6. The number of anilines is 1. The number of imide groups is 1. The Morgan fingerprint density at radius 2 is 0.719 bits per heavy atom. The number of hydrogen-bond acceptors (Lipinski definition) is 24. The highest BCUT2D eigenvalue weighted by molar-refractivity contribution is 9.11. The van der Waals surface area contributed by atoms with E-state index in [1.54, 1.807) is 6.07 Å². The Bertz CT molecular complexity index is 5240. The summed E-state index contributed by atoms with van der Waals surface area (Å²) >= 11 is 15.0. The van der Waals surface area contributed by atoms with Gasteiger partial charge in [-0.25, -0.2) is 86.0 Å². The van der Waals surface area contributed by atoms with Gasteiger partial charge in [0.05, 0.1) is 17.4 Å². The van der Waals surface area contributed by atoms with E-state index in [-0.39, 0.29) is 52.5 Å². The first kappa shape index (κ1) is 116. The summed E-state index contributed by atoms with van der Waals surface area (Å²) in [6.07, 6.45) is -44.9. The number of hydrogen-bond donors (Lipinski definition) is 5. The molecule has 12 rings (SSSR count). The minimum absolute atomic E-state index is 0.0388. The summed E-state index contributed by atoms with van der Waals surface area (Å²) in [6, 6.07) is 10.7. The van der Waals surface area contributed by atoms with Crippen LogP contribution >= 0.6 is 79.6 Å². The van der Waals surface area contributed by atoms with E-state index < -0.39 is 279 Å². The number of amides is 2. The molecule has 0 bridgehead atoms. The lowest BCUT2D eigenvalue weighted by atomic mass is 9.85. The summed E-state index contributed by atoms with van der Waals surface area (Å²) in [6.45, 7) is -1.74. The van der Waals surface area contributed by atoms with Crippen LogP contribution in [-0.4, -0.2) is 201 Å². The Morgan fingerprint density at radius 3 is 1.03 bits per heavy atom. The molecular formula is C79H71Br5F30N16O9. The number of aliphatic hydroxyl groups is 1. The highest BCUT2D eigenvalue weighted by atomic mass is 79.9. The molecule has 6 aromatic heterocycles. The molecule has 766 valence electrons. The third-order valence-corrected chi connectivity index (χ3v) is 21.9. The Kier molecular flexibility index (Phi) is 38.0. The molecule has 0 spiro atoms. The van der Waals surface area contributed by atoms with Crippen molar-refractivity contribution >= 4 is 127 Å². The number of nitrogens with zero attached hydrogens (tertiary/aromatic N) is 12. The minimum atomic E-state index is -5.09. The lowest BCUT2D eigenvalue weighted by Gasteiger charge is -2.39. The highest BCUT2D eigenvalue weighted by Crippen LogP contribution is 2.49. The Labute approximate surface area is 806 Å². The van der Waals surface area contributed by atoms with Gasteiger partial charge in [-0.15, -0.1) is 0 Å². The number of nitrogens with two attached hydrogens (primary N) is 4. The molecule has 1 aromatic carbocycles. The van der Waals surface area contributed by atoms with Crippen molar-refractivity contribution in [2.24, 2.45) is 42.2 Å².